The highest BCUT2D eigenvalue weighted by Crippen LogP contribution is 2.30. The van der Waals surface area contributed by atoms with Gasteiger partial charge in [-0.2, -0.15) is 0 Å². The number of aromatic nitrogens is 1. The van der Waals surface area contributed by atoms with Crippen LogP contribution in [0.1, 0.15) is 41.0 Å². The number of carbonyl (C=O) groups is 1. The molecule has 5 heteroatoms. The van der Waals surface area contributed by atoms with Gasteiger partial charge in [-0.3, -0.25) is 4.79 Å². The summed E-state index contributed by atoms with van der Waals surface area (Å²) in [7, 11) is 1.89. The second kappa shape index (κ2) is 5.40. The zero-order valence-electron chi connectivity index (χ0n) is 11.8. The lowest BCUT2D eigenvalue weighted by atomic mass is 10.2. The van der Waals surface area contributed by atoms with Gasteiger partial charge in [-0.1, -0.05) is 12.8 Å². The Morgan fingerprint density at radius 2 is 2.20 bits per heavy atom. The highest BCUT2D eigenvalue weighted by Gasteiger charge is 2.27. The molecule has 1 aliphatic carbocycles. The van der Waals surface area contributed by atoms with Gasteiger partial charge in [-0.25, -0.2) is 4.98 Å². The Morgan fingerprint density at radius 1 is 1.45 bits per heavy atom. The van der Waals surface area contributed by atoms with Gasteiger partial charge in [-0.05, 0) is 31.9 Å². The SMILES string of the molecule is Cc1sc(-c2ccco2)nc1C(=O)N(C)C1CCCC1. The Morgan fingerprint density at radius 3 is 2.85 bits per heavy atom. The van der Waals surface area contributed by atoms with Gasteiger partial charge in [0.25, 0.3) is 5.91 Å². The third-order valence-corrected chi connectivity index (χ3v) is 4.91. The number of nitrogens with zero attached hydrogens (tertiary/aromatic N) is 2. The average Bonchev–Trinajstić information content (AvgIpc) is 3.17. The summed E-state index contributed by atoms with van der Waals surface area (Å²) < 4.78 is 5.35. The molecular formula is C15H18N2O2S. The predicted molar refractivity (Wildman–Crippen MR) is 78.9 cm³/mol. The van der Waals surface area contributed by atoms with Crippen molar-refractivity contribution in [2.24, 2.45) is 0 Å². The molecule has 0 unspecified atom stereocenters. The summed E-state index contributed by atoms with van der Waals surface area (Å²) in [4.78, 5) is 19.9. The van der Waals surface area contributed by atoms with Gasteiger partial charge >= 0.3 is 0 Å². The zero-order chi connectivity index (χ0) is 14.1. The minimum Gasteiger partial charge on any atom is -0.462 e. The Kier molecular flexibility index (Phi) is 3.61. The fourth-order valence-electron chi connectivity index (χ4n) is 2.72. The number of hydrogen-bond acceptors (Lipinski definition) is 4. The first kappa shape index (κ1) is 13.4. The number of hydrogen-bond donors (Lipinski definition) is 0. The van der Waals surface area contributed by atoms with Gasteiger partial charge in [0.1, 0.15) is 5.69 Å². The Balaban J connectivity index is 1.84. The van der Waals surface area contributed by atoms with Crippen LogP contribution in [-0.4, -0.2) is 28.9 Å². The molecule has 0 aromatic carbocycles. The van der Waals surface area contributed by atoms with Crippen molar-refractivity contribution in [2.45, 2.75) is 38.6 Å². The number of carbonyl (C=O) groups excluding carboxylic acids is 1. The molecule has 0 bridgehead atoms. The van der Waals surface area contributed by atoms with Crippen molar-refractivity contribution >= 4 is 17.2 Å². The molecular weight excluding hydrogens is 272 g/mol. The van der Waals surface area contributed by atoms with Gasteiger partial charge in [0.15, 0.2) is 10.8 Å². The monoisotopic (exact) mass is 290 g/mol. The first-order valence-electron chi connectivity index (χ1n) is 6.95. The number of aryl methyl sites for hydroxylation is 1. The summed E-state index contributed by atoms with van der Waals surface area (Å²) in [5, 5.41) is 0.774. The molecule has 2 heterocycles. The fraction of sp³-hybridized carbons (Fsp3) is 0.467. The van der Waals surface area contributed by atoms with Crippen molar-refractivity contribution in [1.29, 1.82) is 0 Å². The average molecular weight is 290 g/mol. The molecule has 0 saturated heterocycles. The minimum absolute atomic E-state index is 0.0310. The van der Waals surface area contributed by atoms with Crippen LogP contribution in [0.5, 0.6) is 0 Å². The lowest BCUT2D eigenvalue weighted by Gasteiger charge is -2.23. The Hall–Kier alpha value is -1.62. The van der Waals surface area contributed by atoms with E-state index >= 15 is 0 Å². The summed E-state index contributed by atoms with van der Waals surface area (Å²) >= 11 is 1.51. The standard InChI is InChI=1S/C15H18N2O2S/c1-10-13(15(18)17(2)11-6-3-4-7-11)16-14(20-10)12-8-5-9-19-12/h5,8-9,11H,3-4,6-7H2,1-2H3. The molecule has 0 atom stereocenters. The lowest BCUT2D eigenvalue weighted by molar-refractivity contribution is 0.0729. The molecule has 1 fully saturated rings. The van der Waals surface area contributed by atoms with Gasteiger partial charge < -0.3 is 9.32 Å². The molecule has 106 valence electrons. The topological polar surface area (TPSA) is 46.3 Å². The third kappa shape index (κ3) is 2.38. The first-order valence-corrected chi connectivity index (χ1v) is 7.77. The third-order valence-electron chi connectivity index (χ3n) is 3.92. The summed E-state index contributed by atoms with van der Waals surface area (Å²) in [6.45, 7) is 1.94. The summed E-state index contributed by atoms with van der Waals surface area (Å²) in [5.74, 6) is 0.754. The number of furan rings is 1. The molecule has 0 N–H and O–H groups in total. The van der Waals surface area contributed by atoms with Gasteiger partial charge in [0.2, 0.25) is 0 Å². The summed E-state index contributed by atoms with van der Waals surface area (Å²) in [6, 6.07) is 4.07. The van der Waals surface area contributed by atoms with Crippen LogP contribution in [0.15, 0.2) is 22.8 Å². The maximum atomic E-state index is 12.6. The van der Waals surface area contributed by atoms with Crippen LogP contribution >= 0.6 is 11.3 Å². The predicted octanol–water partition coefficient (Wildman–Crippen LogP) is 3.73. The quantitative estimate of drug-likeness (QED) is 0.865. The molecule has 1 saturated carbocycles. The fourth-order valence-corrected chi connectivity index (χ4v) is 3.60. The van der Waals surface area contributed by atoms with E-state index in [-0.39, 0.29) is 5.91 Å². The molecule has 2 aromatic heterocycles. The van der Waals surface area contributed by atoms with Gasteiger partial charge in [-0.15, -0.1) is 11.3 Å². The Bertz CT molecular complexity index is 597. The van der Waals surface area contributed by atoms with Crippen LogP contribution < -0.4 is 0 Å². The molecule has 3 rings (SSSR count). The van der Waals surface area contributed by atoms with E-state index in [9.17, 15) is 4.79 Å². The van der Waals surface area contributed by atoms with E-state index < -0.39 is 0 Å². The van der Waals surface area contributed by atoms with E-state index in [1.165, 1.54) is 24.2 Å². The van der Waals surface area contributed by atoms with Crippen LogP contribution in [-0.2, 0) is 0 Å². The molecule has 0 aliphatic heterocycles. The largest absolute Gasteiger partial charge is 0.462 e. The smallest absolute Gasteiger partial charge is 0.273 e. The van der Waals surface area contributed by atoms with Crippen molar-refractivity contribution in [1.82, 2.24) is 9.88 Å². The van der Waals surface area contributed by atoms with E-state index in [0.29, 0.717) is 11.7 Å². The van der Waals surface area contributed by atoms with Crippen molar-refractivity contribution in [3.63, 3.8) is 0 Å². The molecule has 0 spiro atoms. The number of rotatable bonds is 3. The molecule has 20 heavy (non-hydrogen) atoms. The normalized spacial score (nSPS) is 15.7. The molecule has 4 nitrogen and oxygen atoms in total. The van der Waals surface area contributed by atoms with Crippen LogP contribution in [0.4, 0.5) is 0 Å². The van der Waals surface area contributed by atoms with E-state index in [0.717, 1.165) is 28.5 Å². The Labute approximate surface area is 122 Å². The second-order valence-electron chi connectivity index (χ2n) is 5.26. The van der Waals surface area contributed by atoms with E-state index in [1.54, 1.807) is 6.26 Å². The minimum atomic E-state index is 0.0310. The summed E-state index contributed by atoms with van der Waals surface area (Å²) in [6.07, 6.45) is 6.27. The van der Waals surface area contributed by atoms with Crippen molar-refractivity contribution in [3.05, 3.63) is 29.0 Å². The van der Waals surface area contributed by atoms with E-state index in [1.807, 2.05) is 31.0 Å². The van der Waals surface area contributed by atoms with Gasteiger partial charge in [0.05, 0.1) is 6.26 Å². The van der Waals surface area contributed by atoms with Crippen LogP contribution in [0.3, 0.4) is 0 Å². The maximum Gasteiger partial charge on any atom is 0.273 e. The van der Waals surface area contributed by atoms with E-state index in [4.69, 9.17) is 4.42 Å². The lowest BCUT2D eigenvalue weighted by Crippen LogP contribution is -2.35. The summed E-state index contributed by atoms with van der Waals surface area (Å²) in [5.41, 5.74) is 0.566. The zero-order valence-corrected chi connectivity index (χ0v) is 12.6. The first-order chi connectivity index (χ1) is 9.66. The second-order valence-corrected chi connectivity index (χ2v) is 6.46. The highest BCUT2D eigenvalue weighted by molar-refractivity contribution is 7.15. The van der Waals surface area contributed by atoms with Crippen molar-refractivity contribution < 1.29 is 9.21 Å². The number of amides is 1. The molecule has 1 amide bonds. The van der Waals surface area contributed by atoms with Gasteiger partial charge in [0, 0.05) is 18.0 Å². The maximum absolute atomic E-state index is 12.6. The van der Waals surface area contributed by atoms with Crippen LogP contribution in [0, 0.1) is 6.92 Å². The molecule has 1 aliphatic rings. The van der Waals surface area contributed by atoms with Crippen LogP contribution in [0.2, 0.25) is 0 Å². The molecule has 0 radical (unpaired) electrons. The number of thiazole rings is 1. The molecule has 2 aromatic rings. The van der Waals surface area contributed by atoms with Crippen molar-refractivity contribution in [2.75, 3.05) is 7.05 Å². The van der Waals surface area contributed by atoms with Crippen LogP contribution in [0.25, 0.3) is 10.8 Å². The van der Waals surface area contributed by atoms with E-state index in [2.05, 4.69) is 4.98 Å². The highest BCUT2D eigenvalue weighted by atomic mass is 32.1. The van der Waals surface area contributed by atoms with Crippen molar-refractivity contribution in [3.8, 4) is 10.8 Å².